The minimum atomic E-state index is -4.19. The molecule has 0 aliphatic heterocycles. The average Bonchev–Trinajstić information content (AvgIpc) is 2.61. The quantitative estimate of drug-likeness (QED) is 0.819. The third-order valence-electron chi connectivity index (χ3n) is 4.62. The summed E-state index contributed by atoms with van der Waals surface area (Å²) >= 11 is 0. The van der Waals surface area contributed by atoms with Gasteiger partial charge in [-0.15, -0.1) is 0 Å². The Bertz CT molecular complexity index is 891. The first-order chi connectivity index (χ1) is 12.3. The van der Waals surface area contributed by atoms with E-state index in [4.69, 9.17) is 5.26 Å². The van der Waals surface area contributed by atoms with E-state index in [9.17, 15) is 18.0 Å². The van der Waals surface area contributed by atoms with E-state index in [0.29, 0.717) is 30.0 Å². The van der Waals surface area contributed by atoms with Crippen LogP contribution in [0, 0.1) is 24.2 Å². The summed E-state index contributed by atoms with van der Waals surface area (Å²) in [6.45, 7) is 1.67. The molecule has 0 saturated heterocycles. The number of hydrogen-bond donors (Lipinski definition) is 0. The highest BCUT2D eigenvalue weighted by Crippen LogP contribution is 2.42. The van der Waals surface area contributed by atoms with E-state index < -0.39 is 12.1 Å². The molecule has 0 spiro atoms. The highest BCUT2D eigenvalue weighted by molar-refractivity contribution is 5.30. The highest BCUT2D eigenvalue weighted by atomic mass is 19.4. The van der Waals surface area contributed by atoms with Gasteiger partial charge in [0.1, 0.15) is 11.9 Å². The molecule has 1 saturated carbocycles. The molecule has 0 amide bonds. The Kier molecular flexibility index (Phi) is 4.76. The Morgan fingerprint density at radius 2 is 1.81 bits per heavy atom. The zero-order valence-electron chi connectivity index (χ0n) is 14.0. The fourth-order valence-corrected chi connectivity index (χ4v) is 3.33. The van der Waals surface area contributed by atoms with Crippen molar-refractivity contribution in [3.8, 4) is 11.8 Å². The largest absolute Gasteiger partial charge is 0.391 e. The Balaban J connectivity index is 1.97. The van der Waals surface area contributed by atoms with E-state index in [2.05, 4.69) is 15.0 Å². The van der Waals surface area contributed by atoms with Gasteiger partial charge in [0.05, 0.1) is 24.0 Å². The van der Waals surface area contributed by atoms with Crippen LogP contribution in [0.2, 0.25) is 0 Å². The number of aromatic nitrogens is 4. The molecule has 2 aromatic rings. The van der Waals surface area contributed by atoms with Gasteiger partial charge in [-0.1, -0.05) is 0 Å². The molecule has 0 radical (unpaired) electrons. The lowest BCUT2D eigenvalue weighted by molar-refractivity contribution is -0.182. The third kappa shape index (κ3) is 3.59. The number of halogens is 3. The first-order valence-electron chi connectivity index (χ1n) is 8.19. The number of nitriles is 1. The summed E-state index contributed by atoms with van der Waals surface area (Å²) in [5.41, 5.74) is 0.502. The summed E-state index contributed by atoms with van der Waals surface area (Å²) in [4.78, 5) is 24.6. The first kappa shape index (κ1) is 18.0. The molecule has 1 fully saturated rings. The van der Waals surface area contributed by atoms with Crippen molar-refractivity contribution < 1.29 is 13.2 Å². The molecule has 6 nitrogen and oxygen atoms in total. The Labute approximate surface area is 147 Å². The molecule has 1 aliphatic carbocycles. The lowest BCUT2D eigenvalue weighted by Gasteiger charge is -2.30. The van der Waals surface area contributed by atoms with Gasteiger partial charge < -0.3 is 0 Å². The van der Waals surface area contributed by atoms with Crippen LogP contribution in [0.5, 0.6) is 0 Å². The van der Waals surface area contributed by atoms with Gasteiger partial charge in [0.15, 0.2) is 0 Å². The maximum absolute atomic E-state index is 12.9. The van der Waals surface area contributed by atoms with Crippen LogP contribution in [0.1, 0.15) is 48.9 Å². The van der Waals surface area contributed by atoms with E-state index in [1.165, 1.54) is 23.0 Å². The van der Waals surface area contributed by atoms with Crippen LogP contribution in [-0.2, 0) is 0 Å². The van der Waals surface area contributed by atoms with E-state index in [1.54, 1.807) is 13.0 Å². The Morgan fingerprint density at radius 1 is 1.19 bits per heavy atom. The SMILES string of the molecule is Cc1cc(=O)n(-c2cnc(C#N)nc2)c(C2CCC(C(F)(F)F)CC2)n1. The second kappa shape index (κ2) is 6.86. The standard InChI is InChI=1S/C17H16F3N5O/c1-10-6-15(26)25(13-8-22-14(7-21)23-9-13)16(24-10)11-2-4-12(5-3-11)17(18,19)20/h6,8-9,11-12H,2-5H2,1H3. The predicted molar refractivity (Wildman–Crippen MR) is 85.6 cm³/mol. The Morgan fingerprint density at radius 3 is 2.35 bits per heavy atom. The third-order valence-corrected chi connectivity index (χ3v) is 4.62. The first-order valence-corrected chi connectivity index (χ1v) is 8.19. The molecular formula is C17H16F3N5O. The van der Waals surface area contributed by atoms with Gasteiger partial charge in [-0.05, 0) is 32.6 Å². The summed E-state index contributed by atoms with van der Waals surface area (Å²) < 4.78 is 40.0. The van der Waals surface area contributed by atoms with Gasteiger partial charge >= 0.3 is 6.18 Å². The molecule has 1 aliphatic rings. The van der Waals surface area contributed by atoms with Gasteiger partial charge in [0, 0.05) is 17.7 Å². The molecule has 0 N–H and O–H groups in total. The van der Waals surface area contributed by atoms with Crippen LogP contribution >= 0.6 is 0 Å². The topological polar surface area (TPSA) is 84.5 Å². The van der Waals surface area contributed by atoms with Crippen molar-refractivity contribution >= 4 is 0 Å². The maximum atomic E-state index is 12.9. The minimum Gasteiger partial charge on any atom is -0.269 e. The van der Waals surface area contributed by atoms with E-state index in [-0.39, 0.29) is 30.1 Å². The van der Waals surface area contributed by atoms with E-state index in [1.807, 2.05) is 0 Å². The van der Waals surface area contributed by atoms with Gasteiger partial charge in [-0.25, -0.2) is 15.0 Å². The van der Waals surface area contributed by atoms with Gasteiger partial charge in [-0.2, -0.15) is 18.4 Å². The number of alkyl halides is 3. The molecule has 0 bridgehead atoms. The lowest BCUT2D eigenvalue weighted by atomic mass is 9.81. The van der Waals surface area contributed by atoms with Crippen molar-refractivity contribution in [2.24, 2.45) is 5.92 Å². The van der Waals surface area contributed by atoms with Crippen LogP contribution in [-0.4, -0.2) is 25.7 Å². The van der Waals surface area contributed by atoms with Crippen molar-refractivity contribution in [3.63, 3.8) is 0 Å². The van der Waals surface area contributed by atoms with Crippen molar-refractivity contribution in [2.75, 3.05) is 0 Å². The molecule has 9 heteroatoms. The lowest BCUT2D eigenvalue weighted by Crippen LogP contribution is -2.31. The zero-order valence-corrected chi connectivity index (χ0v) is 14.0. The fourth-order valence-electron chi connectivity index (χ4n) is 3.33. The van der Waals surface area contributed by atoms with Crippen LogP contribution in [0.4, 0.5) is 13.2 Å². The fraction of sp³-hybridized carbons (Fsp3) is 0.471. The average molecular weight is 363 g/mol. The summed E-state index contributed by atoms with van der Waals surface area (Å²) in [6, 6.07) is 3.14. The molecule has 2 aromatic heterocycles. The van der Waals surface area contributed by atoms with Crippen LogP contribution in [0.15, 0.2) is 23.3 Å². The van der Waals surface area contributed by atoms with Crippen molar-refractivity contribution in [1.82, 2.24) is 19.5 Å². The monoisotopic (exact) mass is 363 g/mol. The number of hydrogen-bond acceptors (Lipinski definition) is 5. The van der Waals surface area contributed by atoms with Crippen molar-refractivity contribution in [3.05, 3.63) is 46.2 Å². The Hall–Kier alpha value is -2.76. The van der Waals surface area contributed by atoms with Crippen LogP contribution < -0.4 is 5.56 Å². The molecule has 136 valence electrons. The van der Waals surface area contributed by atoms with Gasteiger partial charge in [0.25, 0.3) is 5.56 Å². The van der Waals surface area contributed by atoms with Gasteiger partial charge in [-0.3, -0.25) is 9.36 Å². The molecule has 0 unspecified atom stereocenters. The molecule has 0 aromatic carbocycles. The zero-order chi connectivity index (χ0) is 18.9. The normalized spacial score (nSPS) is 20.6. The maximum Gasteiger partial charge on any atom is 0.391 e. The molecule has 0 atom stereocenters. The van der Waals surface area contributed by atoms with Crippen LogP contribution in [0.25, 0.3) is 5.69 Å². The van der Waals surface area contributed by atoms with E-state index in [0.717, 1.165) is 0 Å². The summed E-state index contributed by atoms with van der Waals surface area (Å²) in [5.74, 6) is -1.17. The number of nitrogens with zero attached hydrogens (tertiary/aromatic N) is 5. The molecule has 2 heterocycles. The smallest absolute Gasteiger partial charge is 0.269 e. The highest BCUT2D eigenvalue weighted by Gasteiger charge is 2.42. The van der Waals surface area contributed by atoms with Gasteiger partial charge in [0.2, 0.25) is 5.82 Å². The van der Waals surface area contributed by atoms with E-state index >= 15 is 0 Å². The summed E-state index contributed by atoms with van der Waals surface area (Å²) in [7, 11) is 0. The van der Waals surface area contributed by atoms with Crippen molar-refractivity contribution in [2.45, 2.75) is 44.7 Å². The molecule has 26 heavy (non-hydrogen) atoms. The number of aryl methyl sites for hydroxylation is 1. The second-order valence-corrected chi connectivity index (χ2v) is 6.40. The van der Waals surface area contributed by atoms with Crippen LogP contribution in [0.3, 0.4) is 0 Å². The van der Waals surface area contributed by atoms with Crippen molar-refractivity contribution in [1.29, 1.82) is 5.26 Å². The summed E-state index contributed by atoms with van der Waals surface area (Å²) in [5, 5.41) is 8.79. The second-order valence-electron chi connectivity index (χ2n) is 6.40. The molecule has 3 rings (SSSR count). The summed E-state index contributed by atoms with van der Waals surface area (Å²) in [6.07, 6.45) is -0.868. The predicted octanol–water partition coefficient (Wildman–Crippen LogP) is 3.04. The molecular weight excluding hydrogens is 347 g/mol. The number of rotatable bonds is 2. The minimum absolute atomic E-state index is 0.0157.